The Kier molecular flexibility index (Phi) is 2.39. The van der Waals surface area contributed by atoms with E-state index in [1.807, 2.05) is 6.92 Å². The number of fused-ring (bicyclic) bond motifs is 1. The standard InChI is InChI=1S/C11H17ClO/c1-11(12)7-9-5-3-2-4-8(9)6-10(11)13/h8-9H,2-7H2,1H3/t8-,9-,11-/m1/s1. The predicted molar refractivity (Wildman–Crippen MR) is 53.9 cm³/mol. The summed E-state index contributed by atoms with van der Waals surface area (Å²) in [5.41, 5.74) is 0. The Morgan fingerprint density at radius 1 is 1.31 bits per heavy atom. The molecule has 3 atom stereocenters. The SMILES string of the molecule is C[C@@]1(Cl)C[C@H]2CCCC[C@@H]2CC1=O. The summed E-state index contributed by atoms with van der Waals surface area (Å²) in [5.74, 6) is 1.67. The fourth-order valence-electron chi connectivity index (χ4n) is 2.88. The van der Waals surface area contributed by atoms with Gasteiger partial charge in [0.15, 0.2) is 5.78 Å². The van der Waals surface area contributed by atoms with E-state index in [2.05, 4.69) is 0 Å². The van der Waals surface area contributed by atoms with Crippen LogP contribution in [0.15, 0.2) is 0 Å². The van der Waals surface area contributed by atoms with Crippen LogP contribution in [0, 0.1) is 11.8 Å². The molecule has 2 aliphatic carbocycles. The van der Waals surface area contributed by atoms with Crippen molar-refractivity contribution in [3.05, 3.63) is 0 Å². The average molecular weight is 201 g/mol. The molecule has 0 aromatic rings. The lowest BCUT2D eigenvalue weighted by Crippen LogP contribution is -2.42. The van der Waals surface area contributed by atoms with Crippen molar-refractivity contribution >= 4 is 17.4 Å². The third kappa shape index (κ3) is 1.76. The van der Waals surface area contributed by atoms with Crippen LogP contribution in [0.4, 0.5) is 0 Å². The van der Waals surface area contributed by atoms with Crippen molar-refractivity contribution in [3.8, 4) is 0 Å². The molecule has 0 heterocycles. The Labute approximate surface area is 84.8 Å². The molecule has 2 aliphatic rings. The molecule has 2 heteroatoms. The summed E-state index contributed by atoms with van der Waals surface area (Å²) >= 11 is 6.19. The first-order chi connectivity index (χ1) is 6.09. The van der Waals surface area contributed by atoms with Crippen molar-refractivity contribution in [1.29, 1.82) is 0 Å². The fourth-order valence-corrected chi connectivity index (χ4v) is 3.15. The van der Waals surface area contributed by atoms with Gasteiger partial charge in [-0.15, -0.1) is 11.6 Å². The minimum absolute atomic E-state index is 0.275. The quantitative estimate of drug-likeness (QED) is 0.549. The van der Waals surface area contributed by atoms with Gasteiger partial charge in [0.1, 0.15) is 4.87 Å². The average Bonchev–Trinajstić information content (AvgIpc) is 2.06. The zero-order chi connectivity index (χ0) is 9.47. The second-order valence-corrected chi connectivity index (χ2v) is 5.67. The molecule has 1 nitrogen and oxygen atoms in total. The number of hydrogen-bond acceptors (Lipinski definition) is 1. The number of halogens is 1. The number of rotatable bonds is 0. The molecule has 0 radical (unpaired) electrons. The van der Waals surface area contributed by atoms with E-state index in [0.717, 1.165) is 18.8 Å². The normalized spacial score (nSPS) is 45.8. The van der Waals surface area contributed by atoms with Crippen LogP contribution in [0.2, 0.25) is 0 Å². The van der Waals surface area contributed by atoms with Crippen LogP contribution in [-0.2, 0) is 4.79 Å². The second kappa shape index (κ2) is 3.27. The molecule has 0 saturated heterocycles. The fraction of sp³-hybridized carbons (Fsp3) is 0.909. The topological polar surface area (TPSA) is 17.1 Å². The van der Waals surface area contributed by atoms with Gasteiger partial charge in [-0.25, -0.2) is 0 Å². The first kappa shape index (κ1) is 9.51. The van der Waals surface area contributed by atoms with Crippen molar-refractivity contribution in [2.24, 2.45) is 11.8 Å². The van der Waals surface area contributed by atoms with Crippen molar-refractivity contribution in [1.82, 2.24) is 0 Å². The van der Waals surface area contributed by atoms with Gasteiger partial charge < -0.3 is 0 Å². The zero-order valence-electron chi connectivity index (χ0n) is 8.18. The van der Waals surface area contributed by atoms with E-state index < -0.39 is 4.87 Å². The van der Waals surface area contributed by atoms with E-state index in [4.69, 9.17) is 11.6 Å². The largest absolute Gasteiger partial charge is 0.298 e. The van der Waals surface area contributed by atoms with Crippen molar-refractivity contribution in [3.63, 3.8) is 0 Å². The molecule has 0 aromatic heterocycles. The highest BCUT2D eigenvalue weighted by Gasteiger charge is 2.43. The number of alkyl halides is 1. The lowest BCUT2D eigenvalue weighted by atomic mass is 9.67. The molecule has 0 spiro atoms. The Hall–Kier alpha value is -0.0400. The molecule has 0 bridgehead atoms. The summed E-state index contributed by atoms with van der Waals surface area (Å²) < 4.78 is 0. The van der Waals surface area contributed by atoms with Gasteiger partial charge in [-0.05, 0) is 31.6 Å². The number of carbonyl (C=O) groups excluding carboxylic acids is 1. The predicted octanol–water partition coefficient (Wildman–Crippen LogP) is 3.15. The molecule has 0 aliphatic heterocycles. The van der Waals surface area contributed by atoms with Crippen LogP contribution in [0.3, 0.4) is 0 Å². The van der Waals surface area contributed by atoms with E-state index in [0.29, 0.717) is 5.92 Å². The summed E-state index contributed by atoms with van der Waals surface area (Å²) in [6.07, 6.45) is 6.85. The molecule has 2 saturated carbocycles. The summed E-state index contributed by atoms with van der Waals surface area (Å²) in [5, 5.41) is 0. The van der Waals surface area contributed by atoms with Crippen LogP contribution >= 0.6 is 11.6 Å². The highest BCUT2D eigenvalue weighted by atomic mass is 35.5. The van der Waals surface area contributed by atoms with Crippen LogP contribution in [-0.4, -0.2) is 10.7 Å². The molecule has 2 rings (SSSR count). The third-order valence-electron chi connectivity index (χ3n) is 3.74. The van der Waals surface area contributed by atoms with Crippen LogP contribution in [0.5, 0.6) is 0 Å². The van der Waals surface area contributed by atoms with Crippen molar-refractivity contribution in [2.45, 2.75) is 50.3 Å². The van der Waals surface area contributed by atoms with Crippen LogP contribution in [0.1, 0.15) is 45.4 Å². The van der Waals surface area contributed by atoms with Gasteiger partial charge in [0.25, 0.3) is 0 Å². The second-order valence-electron chi connectivity index (χ2n) is 4.83. The zero-order valence-corrected chi connectivity index (χ0v) is 8.94. The Balaban J connectivity index is 2.10. The highest BCUT2D eigenvalue weighted by Crippen LogP contribution is 2.44. The molecular weight excluding hydrogens is 184 g/mol. The van der Waals surface area contributed by atoms with Gasteiger partial charge in [0.2, 0.25) is 0 Å². The van der Waals surface area contributed by atoms with E-state index in [1.54, 1.807) is 0 Å². The monoisotopic (exact) mass is 200 g/mol. The molecule has 0 N–H and O–H groups in total. The highest BCUT2D eigenvalue weighted by molar-refractivity contribution is 6.35. The minimum Gasteiger partial charge on any atom is -0.298 e. The molecule has 2 fully saturated rings. The van der Waals surface area contributed by atoms with Gasteiger partial charge in [-0.3, -0.25) is 4.79 Å². The molecule has 13 heavy (non-hydrogen) atoms. The Morgan fingerprint density at radius 2 is 1.92 bits per heavy atom. The van der Waals surface area contributed by atoms with E-state index >= 15 is 0 Å². The Bertz CT molecular complexity index is 222. The maximum atomic E-state index is 11.6. The van der Waals surface area contributed by atoms with Crippen molar-refractivity contribution < 1.29 is 4.79 Å². The van der Waals surface area contributed by atoms with Gasteiger partial charge >= 0.3 is 0 Å². The van der Waals surface area contributed by atoms with E-state index in [9.17, 15) is 4.79 Å². The van der Waals surface area contributed by atoms with Crippen LogP contribution < -0.4 is 0 Å². The number of ketones is 1. The smallest absolute Gasteiger partial charge is 0.153 e. The molecular formula is C11H17ClO. The van der Waals surface area contributed by atoms with Crippen molar-refractivity contribution in [2.75, 3.05) is 0 Å². The molecule has 0 amide bonds. The number of Topliss-reactive ketones (excluding diaryl/α,β-unsaturated/α-hetero) is 1. The third-order valence-corrected chi connectivity index (χ3v) is 4.11. The lowest BCUT2D eigenvalue weighted by Gasteiger charge is -2.40. The lowest BCUT2D eigenvalue weighted by molar-refractivity contribution is -0.126. The number of carbonyl (C=O) groups is 1. The van der Waals surface area contributed by atoms with Gasteiger partial charge in [0.05, 0.1) is 0 Å². The summed E-state index contributed by atoms with van der Waals surface area (Å²) in [6.45, 7) is 1.89. The first-order valence-electron chi connectivity index (χ1n) is 5.32. The summed E-state index contributed by atoms with van der Waals surface area (Å²) in [7, 11) is 0. The van der Waals surface area contributed by atoms with Crippen LogP contribution in [0.25, 0.3) is 0 Å². The molecule has 0 unspecified atom stereocenters. The van der Waals surface area contributed by atoms with Gasteiger partial charge in [-0.1, -0.05) is 19.3 Å². The number of hydrogen-bond donors (Lipinski definition) is 0. The van der Waals surface area contributed by atoms with Gasteiger partial charge in [0, 0.05) is 6.42 Å². The Morgan fingerprint density at radius 3 is 2.62 bits per heavy atom. The maximum absolute atomic E-state index is 11.6. The van der Waals surface area contributed by atoms with E-state index in [-0.39, 0.29) is 5.78 Å². The van der Waals surface area contributed by atoms with E-state index in [1.165, 1.54) is 25.7 Å². The molecule has 74 valence electrons. The summed E-state index contributed by atoms with van der Waals surface area (Å²) in [6, 6.07) is 0. The first-order valence-corrected chi connectivity index (χ1v) is 5.69. The maximum Gasteiger partial charge on any atom is 0.153 e. The minimum atomic E-state index is -0.543. The molecule has 0 aromatic carbocycles. The van der Waals surface area contributed by atoms with Gasteiger partial charge in [-0.2, -0.15) is 0 Å². The summed E-state index contributed by atoms with van der Waals surface area (Å²) in [4.78, 5) is 11.1.